The van der Waals surface area contributed by atoms with Crippen LogP contribution in [0.1, 0.15) is 37.0 Å². The van der Waals surface area contributed by atoms with E-state index in [9.17, 15) is 5.11 Å². The minimum absolute atomic E-state index is 0.411. The lowest BCUT2D eigenvalue weighted by Crippen LogP contribution is -2.14. The molecule has 0 heterocycles. The maximum absolute atomic E-state index is 9.71. The summed E-state index contributed by atoms with van der Waals surface area (Å²) >= 11 is 0. The van der Waals surface area contributed by atoms with Crippen molar-refractivity contribution in [1.82, 2.24) is 0 Å². The average molecular weight is 174 g/mol. The molecule has 0 aromatic heterocycles. The van der Waals surface area contributed by atoms with Gasteiger partial charge in [0.15, 0.2) is 0 Å². The third-order valence-electron chi connectivity index (χ3n) is 2.16. The van der Waals surface area contributed by atoms with Gasteiger partial charge in [-0.1, -0.05) is 42.6 Å². The Bertz CT molecular complexity index is 283. The Morgan fingerprint density at radius 1 is 1.46 bits per heavy atom. The van der Waals surface area contributed by atoms with Crippen molar-refractivity contribution >= 4 is 13.3 Å². The fourth-order valence-electron chi connectivity index (χ4n) is 1.43. The first-order valence-electron chi connectivity index (χ1n) is 4.69. The van der Waals surface area contributed by atoms with Gasteiger partial charge in [0.25, 0.3) is 0 Å². The Balaban J connectivity index is 2.88. The van der Waals surface area contributed by atoms with E-state index in [1.165, 1.54) is 0 Å². The molecule has 2 radical (unpaired) electrons. The Morgan fingerprint density at radius 2 is 2.15 bits per heavy atom. The zero-order chi connectivity index (χ0) is 9.84. The average Bonchev–Trinajstić information content (AvgIpc) is 2.04. The van der Waals surface area contributed by atoms with Crippen LogP contribution in [0.25, 0.3) is 0 Å². The third-order valence-corrected chi connectivity index (χ3v) is 2.16. The highest BCUT2D eigenvalue weighted by atomic mass is 16.3. The van der Waals surface area contributed by atoms with E-state index in [-0.39, 0.29) is 0 Å². The molecule has 1 N–H and O–H groups in total. The third kappa shape index (κ3) is 2.59. The highest BCUT2D eigenvalue weighted by Crippen LogP contribution is 2.16. The largest absolute Gasteiger partial charge is 0.388 e. The molecule has 2 heteroatoms. The van der Waals surface area contributed by atoms with Gasteiger partial charge in [0.1, 0.15) is 7.85 Å². The number of aliphatic hydroxyl groups excluding tert-OH is 1. The molecule has 0 spiro atoms. The Hall–Kier alpha value is -0.755. The number of hydrogen-bond donors (Lipinski definition) is 1. The summed E-state index contributed by atoms with van der Waals surface area (Å²) in [5, 5.41) is 9.71. The van der Waals surface area contributed by atoms with Crippen molar-refractivity contribution in [2.75, 3.05) is 0 Å². The lowest BCUT2D eigenvalue weighted by molar-refractivity contribution is 0.167. The van der Waals surface area contributed by atoms with E-state index in [0.29, 0.717) is 5.46 Å². The van der Waals surface area contributed by atoms with Crippen LogP contribution in [0.5, 0.6) is 0 Å². The first kappa shape index (κ1) is 10.3. The highest BCUT2D eigenvalue weighted by Gasteiger charge is 2.07. The van der Waals surface area contributed by atoms with Crippen LogP contribution in [0.2, 0.25) is 0 Å². The van der Waals surface area contributed by atoms with E-state index in [1.807, 2.05) is 32.0 Å². The maximum atomic E-state index is 9.71. The second-order valence-corrected chi connectivity index (χ2v) is 3.44. The molecule has 1 aromatic rings. The molecule has 0 bridgehead atoms. The number of aliphatic hydroxyl groups is 1. The summed E-state index contributed by atoms with van der Waals surface area (Å²) < 4.78 is 0. The van der Waals surface area contributed by atoms with Gasteiger partial charge in [0, 0.05) is 0 Å². The van der Waals surface area contributed by atoms with Crippen LogP contribution >= 0.6 is 0 Å². The van der Waals surface area contributed by atoms with Crippen LogP contribution in [0, 0.1) is 6.92 Å². The smallest absolute Gasteiger partial charge is 0.114 e. The van der Waals surface area contributed by atoms with Gasteiger partial charge in [-0.15, -0.1) is 0 Å². The predicted molar refractivity (Wildman–Crippen MR) is 56.4 cm³/mol. The summed E-state index contributed by atoms with van der Waals surface area (Å²) in [6.07, 6.45) is 1.33. The lowest BCUT2D eigenvalue weighted by atomic mass is 9.86. The van der Waals surface area contributed by atoms with Crippen LogP contribution in [0.15, 0.2) is 18.2 Å². The van der Waals surface area contributed by atoms with Gasteiger partial charge < -0.3 is 5.11 Å². The van der Waals surface area contributed by atoms with Crippen molar-refractivity contribution < 1.29 is 5.11 Å². The zero-order valence-electron chi connectivity index (χ0n) is 8.25. The second kappa shape index (κ2) is 4.47. The van der Waals surface area contributed by atoms with Crippen molar-refractivity contribution in [2.24, 2.45) is 0 Å². The van der Waals surface area contributed by atoms with E-state index >= 15 is 0 Å². The van der Waals surface area contributed by atoms with Gasteiger partial charge in [-0.05, 0) is 18.9 Å². The van der Waals surface area contributed by atoms with E-state index in [4.69, 9.17) is 7.85 Å². The molecule has 0 aliphatic carbocycles. The molecular weight excluding hydrogens is 159 g/mol. The number of benzene rings is 1. The minimum Gasteiger partial charge on any atom is -0.388 e. The van der Waals surface area contributed by atoms with Gasteiger partial charge in [-0.25, -0.2) is 0 Å². The summed E-state index contributed by atoms with van der Waals surface area (Å²) in [6, 6.07) is 5.78. The lowest BCUT2D eigenvalue weighted by Gasteiger charge is -2.13. The van der Waals surface area contributed by atoms with Gasteiger partial charge in [-0.3, -0.25) is 0 Å². The van der Waals surface area contributed by atoms with Crippen molar-refractivity contribution in [3.63, 3.8) is 0 Å². The molecule has 0 saturated carbocycles. The standard InChI is InChI=1S/C11H15BO/c1-3-4-11(13)9-6-5-8(2)7-10(9)12/h5-7,11,13H,3-4H2,1-2H3/t11-/m1/s1. The quantitative estimate of drug-likeness (QED) is 0.690. The highest BCUT2D eigenvalue weighted by molar-refractivity contribution is 6.33. The molecule has 0 saturated heterocycles. The normalized spacial score (nSPS) is 12.8. The molecule has 13 heavy (non-hydrogen) atoms. The predicted octanol–water partition coefficient (Wildman–Crippen LogP) is 1.62. The van der Waals surface area contributed by atoms with Crippen molar-refractivity contribution in [3.8, 4) is 0 Å². The topological polar surface area (TPSA) is 20.2 Å². The molecule has 68 valence electrons. The number of aryl methyl sites for hydroxylation is 1. The molecule has 1 aromatic carbocycles. The zero-order valence-corrected chi connectivity index (χ0v) is 8.25. The molecule has 0 aliphatic rings. The van der Waals surface area contributed by atoms with E-state index in [1.54, 1.807) is 0 Å². The van der Waals surface area contributed by atoms with Crippen LogP contribution in [-0.4, -0.2) is 13.0 Å². The monoisotopic (exact) mass is 174 g/mol. The van der Waals surface area contributed by atoms with Gasteiger partial charge in [-0.2, -0.15) is 0 Å². The molecule has 1 rings (SSSR count). The van der Waals surface area contributed by atoms with Crippen LogP contribution in [-0.2, 0) is 0 Å². The van der Waals surface area contributed by atoms with Crippen LogP contribution in [0.3, 0.4) is 0 Å². The van der Waals surface area contributed by atoms with E-state index < -0.39 is 6.10 Å². The Morgan fingerprint density at radius 3 is 2.69 bits per heavy atom. The molecule has 1 nitrogen and oxygen atoms in total. The molecular formula is C11H15BO. The molecule has 1 atom stereocenters. The fourth-order valence-corrected chi connectivity index (χ4v) is 1.43. The van der Waals surface area contributed by atoms with Crippen molar-refractivity contribution in [3.05, 3.63) is 29.3 Å². The Labute approximate surface area is 81.2 Å². The number of rotatable bonds is 3. The van der Waals surface area contributed by atoms with Crippen molar-refractivity contribution in [1.29, 1.82) is 0 Å². The Kier molecular flexibility index (Phi) is 3.55. The fraction of sp³-hybridized carbons (Fsp3) is 0.455. The first-order chi connectivity index (χ1) is 6.15. The van der Waals surface area contributed by atoms with Gasteiger partial charge in [0.2, 0.25) is 0 Å². The molecule has 0 unspecified atom stereocenters. The number of hydrogen-bond acceptors (Lipinski definition) is 1. The summed E-state index contributed by atoms with van der Waals surface area (Å²) in [4.78, 5) is 0. The maximum Gasteiger partial charge on any atom is 0.114 e. The van der Waals surface area contributed by atoms with Gasteiger partial charge >= 0.3 is 0 Å². The SMILES string of the molecule is [B]c1cc(C)ccc1[C@H](O)CCC. The van der Waals surface area contributed by atoms with Crippen LogP contribution < -0.4 is 5.46 Å². The molecule has 0 amide bonds. The summed E-state index contributed by atoms with van der Waals surface area (Å²) in [6.45, 7) is 4.04. The summed E-state index contributed by atoms with van der Waals surface area (Å²) in [5.74, 6) is 0. The second-order valence-electron chi connectivity index (χ2n) is 3.44. The van der Waals surface area contributed by atoms with Crippen LogP contribution in [0.4, 0.5) is 0 Å². The summed E-state index contributed by atoms with van der Waals surface area (Å²) in [7, 11) is 5.79. The van der Waals surface area contributed by atoms with Gasteiger partial charge in [0.05, 0.1) is 6.10 Å². The molecule has 0 aliphatic heterocycles. The first-order valence-corrected chi connectivity index (χ1v) is 4.69. The van der Waals surface area contributed by atoms with E-state index in [0.717, 1.165) is 24.0 Å². The summed E-state index contributed by atoms with van der Waals surface area (Å²) in [5.41, 5.74) is 2.68. The van der Waals surface area contributed by atoms with E-state index in [2.05, 4.69) is 0 Å². The minimum atomic E-state index is -0.411. The molecule has 0 fully saturated rings. The van der Waals surface area contributed by atoms with Crippen molar-refractivity contribution in [2.45, 2.75) is 32.8 Å².